The van der Waals surface area contributed by atoms with Crippen LogP contribution in [0.15, 0.2) is 0 Å². The van der Waals surface area contributed by atoms with Crippen molar-refractivity contribution >= 4 is 5.97 Å². The highest BCUT2D eigenvalue weighted by Gasteiger charge is 2.41. The molecule has 0 aromatic heterocycles. The third-order valence-electron chi connectivity index (χ3n) is 3.74. The smallest absolute Gasteiger partial charge is 0.391 e. The molecule has 1 saturated heterocycles. The van der Waals surface area contributed by atoms with Gasteiger partial charge in [-0.05, 0) is 46.2 Å². The van der Waals surface area contributed by atoms with Gasteiger partial charge in [0.25, 0.3) is 0 Å². The van der Waals surface area contributed by atoms with E-state index in [1.807, 2.05) is 4.90 Å². The van der Waals surface area contributed by atoms with Gasteiger partial charge in [-0.2, -0.15) is 13.2 Å². The second kappa shape index (κ2) is 6.76. The molecule has 1 aliphatic rings. The Hall–Kier alpha value is -0.820. The number of rotatable bonds is 5. The fourth-order valence-electron chi connectivity index (χ4n) is 2.27. The number of esters is 1. The maximum absolute atomic E-state index is 12.5. The van der Waals surface area contributed by atoms with Crippen LogP contribution in [0, 0.1) is 5.92 Å². The first-order valence-electron chi connectivity index (χ1n) is 6.92. The van der Waals surface area contributed by atoms with Crippen LogP contribution in [0.4, 0.5) is 13.2 Å². The van der Waals surface area contributed by atoms with Crippen molar-refractivity contribution in [2.75, 3.05) is 26.2 Å². The number of halogens is 3. The summed E-state index contributed by atoms with van der Waals surface area (Å²) in [5, 5.41) is 0. The maximum Gasteiger partial charge on any atom is 0.391 e. The van der Waals surface area contributed by atoms with Gasteiger partial charge in [-0.1, -0.05) is 0 Å². The van der Waals surface area contributed by atoms with E-state index in [9.17, 15) is 18.0 Å². The van der Waals surface area contributed by atoms with E-state index < -0.39 is 23.6 Å². The van der Waals surface area contributed by atoms with Gasteiger partial charge >= 0.3 is 12.1 Å². The molecule has 0 amide bonds. The molecule has 0 spiro atoms. The highest BCUT2D eigenvalue weighted by atomic mass is 19.4. The number of carbonyl (C=O) groups excluding carboxylic acids is 1. The molecule has 1 atom stereocenters. The number of nitrogens with two attached hydrogens (primary N) is 1. The van der Waals surface area contributed by atoms with Crippen LogP contribution < -0.4 is 5.73 Å². The zero-order valence-corrected chi connectivity index (χ0v) is 12.0. The lowest BCUT2D eigenvalue weighted by molar-refractivity contribution is -0.185. The van der Waals surface area contributed by atoms with Crippen molar-refractivity contribution in [2.45, 2.75) is 44.8 Å². The summed E-state index contributed by atoms with van der Waals surface area (Å²) in [5.41, 5.74) is 4.79. The minimum absolute atomic E-state index is 0.115. The first-order chi connectivity index (χ1) is 9.16. The van der Waals surface area contributed by atoms with E-state index in [0.29, 0.717) is 26.1 Å². The van der Waals surface area contributed by atoms with Crippen LogP contribution in [0.1, 0.15) is 33.1 Å². The van der Waals surface area contributed by atoms with E-state index in [0.717, 1.165) is 0 Å². The number of ether oxygens (including phenoxy) is 1. The molecule has 0 saturated carbocycles. The van der Waals surface area contributed by atoms with E-state index in [-0.39, 0.29) is 19.4 Å². The van der Waals surface area contributed by atoms with Gasteiger partial charge in [-0.25, -0.2) is 0 Å². The molecule has 1 fully saturated rings. The van der Waals surface area contributed by atoms with E-state index in [4.69, 9.17) is 10.5 Å². The summed E-state index contributed by atoms with van der Waals surface area (Å²) >= 11 is 0. The van der Waals surface area contributed by atoms with Gasteiger partial charge in [0.1, 0.15) is 5.54 Å². The Labute approximate surface area is 117 Å². The minimum atomic E-state index is -4.10. The SMILES string of the molecule is CCOC(=O)C(C)(N)CCN1CCC(C(F)(F)F)CC1. The molecular weight excluding hydrogens is 273 g/mol. The first-order valence-corrected chi connectivity index (χ1v) is 6.92. The average Bonchev–Trinajstić information content (AvgIpc) is 2.36. The Morgan fingerprint density at radius 3 is 2.35 bits per heavy atom. The Bertz CT molecular complexity index is 324. The highest BCUT2D eigenvalue weighted by molar-refractivity contribution is 5.79. The predicted octanol–water partition coefficient (Wildman–Crippen LogP) is 1.93. The lowest BCUT2D eigenvalue weighted by Gasteiger charge is -2.34. The fourth-order valence-corrected chi connectivity index (χ4v) is 2.27. The maximum atomic E-state index is 12.5. The summed E-state index contributed by atoms with van der Waals surface area (Å²) in [6.07, 6.45) is -3.49. The van der Waals surface area contributed by atoms with E-state index in [2.05, 4.69) is 0 Å². The quantitative estimate of drug-likeness (QED) is 0.788. The van der Waals surface area contributed by atoms with Crippen molar-refractivity contribution in [3.05, 3.63) is 0 Å². The largest absolute Gasteiger partial charge is 0.465 e. The molecule has 1 unspecified atom stereocenters. The minimum Gasteiger partial charge on any atom is -0.465 e. The topological polar surface area (TPSA) is 55.6 Å². The monoisotopic (exact) mass is 296 g/mol. The van der Waals surface area contributed by atoms with Crippen molar-refractivity contribution in [3.8, 4) is 0 Å². The summed E-state index contributed by atoms with van der Waals surface area (Å²) in [5.74, 6) is -1.67. The molecule has 0 aromatic rings. The molecule has 0 bridgehead atoms. The van der Waals surface area contributed by atoms with Crippen LogP contribution in [0.3, 0.4) is 0 Å². The first kappa shape index (κ1) is 17.2. The van der Waals surface area contributed by atoms with Gasteiger partial charge in [0.05, 0.1) is 12.5 Å². The second-order valence-electron chi connectivity index (χ2n) is 5.55. The second-order valence-corrected chi connectivity index (χ2v) is 5.55. The van der Waals surface area contributed by atoms with Gasteiger partial charge in [-0.3, -0.25) is 4.79 Å². The third-order valence-corrected chi connectivity index (χ3v) is 3.74. The predicted molar refractivity (Wildman–Crippen MR) is 69.1 cm³/mol. The number of likely N-dealkylation sites (tertiary alicyclic amines) is 1. The zero-order chi connectivity index (χ0) is 15.4. The lowest BCUT2D eigenvalue weighted by atomic mass is 9.94. The zero-order valence-electron chi connectivity index (χ0n) is 12.0. The van der Waals surface area contributed by atoms with Crippen molar-refractivity contribution in [3.63, 3.8) is 0 Å². The number of piperidine rings is 1. The normalized spacial score (nSPS) is 21.5. The summed E-state index contributed by atoms with van der Waals surface area (Å²) < 4.78 is 42.5. The summed E-state index contributed by atoms with van der Waals surface area (Å²) in [6.45, 7) is 4.86. The molecule has 20 heavy (non-hydrogen) atoms. The molecular formula is C13H23F3N2O2. The van der Waals surface area contributed by atoms with Crippen molar-refractivity contribution in [2.24, 2.45) is 11.7 Å². The summed E-state index contributed by atoms with van der Waals surface area (Å²) in [6, 6.07) is 0. The van der Waals surface area contributed by atoms with Gasteiger partial charge in [0, 0.05) is 6.54 Å². The average molecular weight is 296 g/mol. The number of hydrogen-bond donors (Lipinski definition) is 1. The van der Waals surface area contributed by atoms with Crippen molar-refractivity contribution in [1.82, 2.24) is 4.90 Å². The third kappa shape index (κ3) is 4.94. The molecule has 0 aromatic carbocycles. The van der Waals surface area contributed by atoms with E-state index >= 15 is 0 Å². The standard InChI is InChI=1S/C13H23F3N2O2/c1-3-20-11(19)12(2,17)6-9-18-7-4-10(5-8-18)13(14,15)16/h10H,3-9,17H2,1-2H3. The molecule has 4 nitrogen and oxygen atoms in total. The summed E-state index contributed by atoms with van der Waals surface area (Å²) in [7, 11) is 0. The fraction of sp³-hybridized carbons (Fsp3) is 0.923. The van der Waals surface area contributed by atoms with Gasteiger partial charge in [0.15, 0.2) is 0 Å². The van der Waals surface area contributed by atoms with Crippen LogP contribution in [-0.4, -0.2) is 48.8 Å². The van der Waals surface area contributed by atoms with Crippen molar-refractivity contribution < 1.29 is 22.7 Å². The Balaban J connectivity index is 2.36. The molecule has 1 rings (SSSR count). The number of alkyl halides is 3. The van der Waals surface area contributed by atoms with Crippen LogP contribution in [0.25, 0.3) is 0 Å². The molecule has 0 radical (unpaired) electrons. The molecule has 7 heteroatoms. The number of hydrogen-bond acceptors (Lipinski definition) is 4. The molecule has 118 valence electrons. The highest BCUT2D eigenvalue weighted by Crippen LogP contribution is 2.34. The van der Waals surface area contributed by atoms with E-state index in [1.165, 1.54) is 0 Å². The molecule has 0 aliphatic carbocycles. The number of carbonyl (C=O) groups is 1. The van der Waals surface area contributed by atoms with Gasteiger partial charge < -0.3 is 15.4 Å². The van der Waals surface area contributed by atoms with Crippen LogP contribution in [0.2, 0.25) is 0 Å². The Kier molecular flexibility index (Phi) is 5.82. The molecule has 2 N–H and O–H groups in total. The number of nitrogens with zero attached hydrogens (tertiary/aromatic N) is 1. The van der Waals surface area contributed by atoms with Crippen LogP contribution >= 0.6 is 0 Å². The lowest BCUT2D eigenvalue weighted by Crippen LogP contribution is -2.49. The van der Waals surface area contributed by atoms with Gasteiger partial charge in [-0.15, -0.1) is 0 Å². The van der Waals surface area contributed by atoms with Crippen molar-refractivity contribution in [1.29, 1.82) is 0 Å². The Morgan fingerprint density at radius 2 is 1.90 bits per heavy atom. The summed E-state index contributed by atoms with van der Waals surface area (Å²) in [4.78, 5) is 13.5. The Morgan fingerprint density at radius 1 is 1.35 bits per heavy atom. The van der Waals surface area contributed by atoms with E-state index in [1.54, 1.807) is 13.8 Å². The van der Waals surface area contributed by atoms with Crippen LogP contribution in [0.5, 0.6) is 0 Å². The molecule has 1 aliphatic heterocycles. The molecule has 1 heterocycles. The van der Waals surface area contributed by atoms with Crippen LogP contribution in [-0.2, 0) is 9.53 Å². The van der Waals surface area contributed by atoms with Gasteiger partial charge in [0.2, 0.25) is 0 Å².